The van der Waals surface area contributed by atoms with Gasteiger partial charge in [0.05, 0.1) is 7.11 Å². The number of hydroxylamine groups is 2. The minimum Gasteiger partial charge on any atom is -0.317 e. The molecular formula is C9H20N2OS. The quantitative estimate of drug-likeness (QED) is 0.674. The van der Waals surface area contributed by atoms with Gasteiger partial charge < -0.3 is 10.2 Å². The van der Waals surface area contributed by atoms with Crippen LogP contribution in [0.2, 0.25) is 0 Å². The Hall–Kier alpha value is 0.230. The van der Waals surface area contributed by atoms with Crippen LogP contribution >= 0.6 is 11.8 Å². The number of thioether (sulfide) groups is 1. The molecule has 0 atom stereocenters. The van der Waals surface area contributed by atoms with E-state index < -0.39 is 0 Å². The van der Waals surface area contributed by atoms with E-state index >= 15 is 0 Å². The highest BCUT2D eigenvalue weighted by Crippen LogP contribution is 2.19. The number of piperidine rings is 1. The number of rotatable bonds is 5. The summed E-state index contributed by atoms with van der Waals surface area (Å²) in [6.07, 6.45) is 2.64. The Balaban J connectivity index is 1.98. The van der Waals surface area contributed by atoms with E-state index in [0.717, 1.165) is 11.8 Å². The van der Waals surface area contributed by atoms with Crippen molar-refractivity contribution in [2.75, 3.05) is 39.5 Å². The van der Waals surface area contributed by atoms with Crippen LogP contribution in [0.3, 0.4) is 0 Å². The third kappa shape index (κ3) is 4.86. The van der Waals surface area contributed by atoms with E-state index in [2.05, 4.69) is 17.1 Å². The maximum atomic E-state index is 5.05. The standard InChI is InChI=1S/C9H20N2OS/c1-11(12-2)7-8-13-9-3-5-10-6-4-9/h9-10H,3-8H2,1-2H3. The normalized spacial score (nSPS) is 19.6. The molecule has 1 saturated heterocycles. The molecule has 0 bridgehead atoms. The topological polar surface area (TPSA) is 24.5 Å². The molecule has 0 spiro atoms. The number of hydrogen-bond donors (Lipinski definition) is 1. The van der Waals surface area contributed by atoms with E-state index in [1.54, 1.807) is 7.11 Å². The van der Waals surface area contributed by atoms with Gasteiger partial charge in [0, 0.05) is 24.6 Å². The Labute approximate surface area is 85.2 Å². The maximum Gasteiger partial charge on any atom is 0.0575 e. The molecule has 1 aliphatic rings. The molecule has 1 N–H and O–H groups in total. The fraction of sp³-hybridized carbons (Fsp3) is 1.00. The molecule has 1 aliphatic heterocycles. The van der Waals surface area contributed by atoms with Crippen molar-refractivity contribution in [3.63, 3.8) is 0 Å². The van der Waals surface area contributed by atoms with Gasteiger partial charge in [0.25, 0.3) is 0 Å². The lowest BCUT2D eigenvalue weighted by Crippen LogP contribution is -2.30. The summed E-state index contributed by atoms with van der Waals surface area (Å²) in [4.78, 5) is 5.05. The van der Waals surface area contributed by atoms with E-state index in [0.29, 0.717) is 0 Å². The van der Waals surface area contributed by atoms with Crippen molar-refractivity contribution in [1.82, 2.24) is 10.4 Å². The molecule has 0 unspecified atom stereocenters. The van der Waals surface area contributed by atoms with Crippen LogP contribution in [0.4, 0.5) is 0 Å². The van der Waals surface area contributed by atoms with Crippen LogP contribution in [0.15, 0.2) is 0 Å². The minimum atomic E-state index is 0.867. The van der Waals surface area contributed by atoms with Gasteiger partial charge in [-0.3, -0.25) is 0 Å². The molecular weight excluding hydrogens is 184 g/mol. The van der Waals surface area contributed by atoms with E-state index in [-0.39, 0.29) is 0 Å². The van der Waals surface area contributed by atoms with Crippen molar-refractivity contribution in [3.05, 3.63) is 0 Å². The Morgan fingerprint density at radius 1 is 1.46 bits per heavy atom. The summed E-state index contributed by atoms with van der Waals surface area (Å²) >= 11 is 2.08. The molecule has 1 rings (SSSR count). The largest absolute Gasteiger partial charge is 0.317 e. The van der Waals surface area contributed by atoms with E-state index in [1.807, 2.05) is 12.1 Å². The highest BCUT2D eigenvalue weighted by atomic mass is 32.2. The third-order valence-corrected chi connectivity index (χ3v) is 3.72. The summed E-state index contributed by atoms with van der Waals surface area (Å²) in [5.41, 5.74) is 0. The lowest BCUT2D eigenvalue weighted by Gasteiger charge is -2.22. The summed E-state index contributed by atoms with van der Waals surface area (Å²) in [6.45, 7) is 3.40. The SMILES string of the molecule is CON(C)CCSC1CCNCC1. The van der Waals surface area contributed by atoms with E-state index in [1.165, 1.54) is 31.7 Å². The monoisotopic (exact) mass is 204 g/mol. The number of nitrogens with zero attached hydrogens (tertiary/aromatic N) is 1. The summed E-state index contributed by atoms with van der Waals surface area (Å²) in [6, 6.07) is 0. The first-order chi connectivity index (χ1) is 6.33. The molecule has 13 heavy (non-hydrogen) atoms. The van der Waals surface area contributed by atoms with E-state index in [9.17, 15) is 0 Å². The van der Waals surface area contributed by atoms with Crippen molar-refractivity contribution in [1.29, 1.82) is 0 Å². The summed E-state index contributed by atoms with van der Waals surface area (Å²) < 4.78 is 0. The predicted octanol–water partition coefficient (Wildman–Crippen LogP) is 0.965. The molecule has 4 heteroatoms. The molecule has 0 radical (unpaired) electrons. The zero-order valence-corrected chi connectivity index (χ0v) is 9.40. The van der Waals surface area contributed by atoms with Crippen LogP contribution in [-0.4, -0.2) is 49.9 Å². The Kier molecular flexibility index (Phi) is 5.78. The summed E-state index contributed by atoms with van der Waals surface area (Å²) in [5, 5.41) is 6.13. The van der Waals surface area contributed by atoms with Crippen molar-refractivity contribution >= 4 is 11.8 Å². The van der Waals surface area contributed by atoms with Gasteiger partial charge in [-0.1, -0.05) is 0 Å². The van der Waals surface area contributed by atoms with Gasteiger partial charge in [-0.05, 0) is 25.9 Å². The second-order valence-electron chi connectivity index (χ2n) is 3.35. The third-order valence-electron chi connectivity index (χ3n) is 2.36. The lowest BCUT2D eigenvalue weighted by atomic mass is 10.2. The van der Waals surface area contributed by atoms with Gasteiger partial charge in [0.2, 0.25) is 0 Å². The Morgan fingerprint density at radius 2 is 2.15 bits per heavy atom. The molecule has 0 aromatic rings. The molecule has 0 aliphatic carbocycles. The van der Waals surface area contributed by atoms with Gasteiger partial charge in [-0.2, -0.15) is 16.8 Å². The molecule has 1 fully saturated rings. The molecule has 78 valence electrons. The summed E-state index contributed by atoms with van der Waals surface area (Å²) in [7, 11) is 3.69. The average molecular weight is 204 g/mol. The van der Waals surface area contributed by atoms with Gasteiger partial charge in [-0.15, -0.1) is 0 Å². The van der Waals surface area contributed by atoms with Crippen molar-refractivity contribution in [2.24, 2.45) is 0 Å². The highest BCUT2D eigenvalue weighted by molar-refractivity contribution is 7.99. The fourth-order valence-corrected chi connectivity index (χ4v) is 2.67. The first-order valence-corrected chi connectivity index (χ1v) is 5.95. The predicted molar refractivity (Wildman–Crippen MR) is 58.0 cm³/mol. The van der Waals surface area contributed by atoms with Crippen LogP contribution in [-0.2, 0) is 4.84 Å². The van der Waals surface area contributed by atoms with Gasteiger partial charge in [0.1, 0.15) is 0 Å². The van der Waals surface area contributed by atoms with Gasteiger partial charge in [0.15, 0.2) is 0 Å². The average Bonchev–Trinajstić information content (AvgIpc) is 2.19. The fourth-order valence-electron chi connectivity index (χ4n) is 1.40. The van der Waals surface area contributed by atoms with Gasteiger partial charge >= 0.3 is 0 Å². The van der Waals surface area contributed by atoms with Crippen molar-refractivity contribution < 1.29 is 4.84 Å². The molecule has 3 nitrogen and oxygen atoms in total. The smallest absolute Gasteiger partial charge is 0.0575 e. The second kappa shape index (κ2) is 6.65. The molecule has 0 amide bonds. The first kappa shape index (κ1) is 11.3. The van der Waals surface area contributed by atoms with Crippen LogP contribution in [0.25, 0.3) is 0 Å². The highest BCUT2D eigenvalue weighted by Gasteiger charge is 2.12. The molecule has 1 heterocycles. The molecule has 0 aromatic heterocycles. The second-order valence-corrected chi connectivity index (χ2v) is 4.76. The number of nitrogens with one attached hydrogen (secondary N) is 1. The Morgan fingerprint density at radius 3 is 2.77 bits per heavy atom. The van der Waals surface area contributed by atoms with Crippen LogP contribution < -0.4 is 5.32 Å². The van der Waals surface area contributed by atoms with E-state index in [4.69, 9.17) is 4.84 Å². The zero-order valence-electron chi connectivity index (χ0n) is 8.58. The minimum absolute atomic E-state index is 0.867. The van der Waals surface area contributed by atoms with Crippen LogP contribution in [0.1, 0.15) is 12.8 Å². The van der Waals surface area contributed by atoms with Gasteiger partial charge in [-0.25, -0.2) is 0 Å². The van der Waals surface area contributed by atoms with Crippen LogP contribution in [0.5, 0.6) is 0 Å². The first-order valence-electron chi connectivity index (χ1n) is 4.90. The number of hydrogen-bond acceptors (Lipinski definition) is 4. The molecule has 0 saturated carbocycles. The summed E-state index contributed by atoms with van der Waals surface area (Å²) in [5.74, 6) is 1.18. The zero-order chi connectivity index (χ0) is 9.52. The van der Waals surface area contributed by atoms with Crippen molar-refractivity contribution in [3.8, 4) is 0 Å². The lowest BCUT2D eigenvalue weighted by molar-refractivity contribution is -0.103. The maximum absolute atomic E-state index is 5.05. The Bertz CT molecular complexity index is 129. The van der Waals surface area contributed by atoms with Crippen LogP contribution in [0, 0.1) is 0 Å². The van der Waals surface area contributed by atoms with Crippen molar-refractivity contribution in [2.45, 2.75) is 18.1 Å². The molecule has 0 aromatic carbocycles.